The van der Waals surface area contributed by atoms with Crippen molar-refractivity contribution in [1.82, 2.24) is 19.9 Å². The number of nitrogens with zero attached hydrogens (tertiary/aromatic N) is 4. The van der Waals surface area contributed by atoms with Gasteiger partial charge in [0.05, 0.1) is 6.10 Å². The maximum atomic E-state index is 12.0. The largest absolute Gasteiger partial charge is 0.480 e. The molecule has 0 radical (unpaired) electrons. The van der Waals surface area contributed by atoms with Crippen LogP contribution in [0, 0.1) is 5.41 Å². The van der Waals surface area contributed by atoms with Gasteiger partial charge < -0.3 is 36.1 Å². The van der Waals surface area contributed by atoms with E-state index in [0.29, 0.717) is 24.6 Å². The molecule has 206 valence electrons. The molecule has 0 amide bonds. The first-order valence-corrected chi connectivity index (χ1v) is 13.2. The number of aryl methyl sites for hydroxylation is 2. The second-order valence-electron chi connectivity index (χ2n) is 9.43. The summed E-state index contributed by atoms with van der Waals surface area (Å²) in [5.41, 5.74) is 2.41. The van der Waals surface area contributed by atoms with E-state index in [-0.39, 0.29) is 6.10 Å². The van der Waals surface area contributed by atoms with Crippen LogP contribution in [-0.2, 0) is 22.4 Å². The molecule has 11 heteroatoms. The Morgan fingerprint density at radius 1 is 1.29 bits per heavy atom. The molecule has 2 aromatic rings. The van der Waals surface area contributed by atoms with Crippen molar-refractivity contribution >= 4 is 29.6 Å². The molecule has 3 rings (SSSR count). The number of carboxylic acids is 1. The highest BCUT2D eigenvalue weighted by atomic mass is 16.5. The first-order valence-electron chi connectivity index (χ1n) is 13.2. The number of methoxy groups -OCH3 is 1. The minimum atomic E-state index is -0.936. The van der Waals surface area contributed by atoms with E-state index in [4.69, 9.17) is 15.1 Å². The van der Waals surface area contributed by atoms with Crippen LogP contribution in [0.3, 0.4) is 0 Å². The summed E-state index contributed by atoms with van der Waals surface area (Å²) in [5, 5.41) is 26.2. The smallest absolute Gasteiger partial charge is 0.326 e. The van der Waals surface area contributed by atoms with E-state index < -0.39 is 12.0 Å². The van der Waals surface area contributed by atoms with E-state index in [1.54, 1.807) is 19.4 Å². The molecule has 5 N–H and O–H groups in total. The van der Waals surface area contributed by atoms with Gasteiger partial charge in [0.15, 0.2) is 0 Å². The van der Waals surface area contributed by atoms with Crippen molar-refractivity contribution in [2.75, 3.05) is 49.2 Å². The number of fused-ring (bicyclic) bond motifs is 1. The number of aromatic nitrogens is 3. The molecule has 0 saturated heterocycles. The van der Waals surface area contributed by atoms with Gasteiger partial charge >= 0.3 is 5.97 Å². The lowest BCUT2D eigenvalue weighted by Gasteiger charge is -2.27. The molecule has 2 atom stereocenters. The third-order valence-corrected chi connectivity index (χ3v) is 6.47. The van der Waals surface area contributed by atoms with Crippen LogP contribution < -0.4 is 16.0 Å². The van der Waals surface area contributed by atoms with E-state index in [2.05, 4.69) is 43.0 Å². The Morgan fingerprint density at radius 3 is 2.92 bits per heavy atom. The molecule has 0 bridgehead atoms. The molecule has 3 heterocycles. The summed E-state index contributed by atoms with van der Waals surface area (Å²) in [6.07, 6.45) is 11.2. The van der Waals surface area contributed by atoms with Gasteiger partial charge in [-0.1, -0.05) is 6.07 Å². The number of allylic oxidation sites excluding steroid dienone is 1. The molecule has 0 spiro atoms. The molecule has 11 nitrogen and oxygen atoms in total. The van der Waals surface area contributed by atoms with Crippen LogP contribution in [0.25, 0.3) is 0 Å². The van der Waals surface area contributed by atoms with Crippen LogP contribution in [0.5, 0.6) is 0 Å². The van der Waals surface area contributed by atoms with Crippen molar-refractivity contribution in [2.45, 2.75) is 57.6 Å². The number of pyridine rings is 1. The highest BCUT2D eigenvalue weighted by Crippen LogP contribution is 2.20. The zero-order valence-electron chi connectivity index (χ0n) is 22.3. The van der Waals surface area contributed by atoms with E-state index in [9.17, 15) is 9.90 Å². The van der Waals surface area contributed by atoms with Crippen molar-refractivity contribution in [1.29, 1.82) is 5.41 Å². The molecule has 38 heavy (non-hydrogen) atoms. The first kappa shape index (κ1) is 29.0. The number of rotatable bonds is 17. The summed E-state index contributed by atoms with van der Waals surface area (Å²) in [5.74, 6) is 1.02. The van der Waals surface area contributed by atoms with Crippen molar-refractivity contribution in [3.63, 3.8) is 0 Å². The van der Waals surface area contributed by atoms with Gasteiger partial charge in [-0.15, -0.1) is 0 Å². The number of nitrogens with one attached hydrogen (secondary N) is 4. The molecule has 1 aliphatic heterocycles. The summed E-state index contributed by atoms with van der Waals surface area (Å²) < 4.78 is 5.48. The minimum absolute atomic E-state index is 0.0455. The fourth-order valence-corrected chi connectivity index (χ4v) is 4.33. The standard InChI is InChI=1S/C27H40N8O3/c1-20(38-2)18-35(15-4-3-8-22-10-9-21-7-5-13-30-26(21)33-22)16-11-23(27(36)37)34-25-17-24(31-19-32-25)29-14-6-12-28/h6,9-10,12,14,17,19-20,23,28H,3-5,7-8,11,13,15-16,18H2,1-2H3,(H,30,33)(H,36,37)(H2,29,31,32,34)/b14-6-,28-12?/t20-,23+/m1/s1. The zero-order chi connectivity index (χ0) is 27.2. The van der Waals surface area contributed by atoms with Gasteiger partial charge in [-0.2, -0.15) is 0 Å². The maximum absolute atomic E-state index is 12.0. The monoisotopic (exact) mass is 524 g/mol. The topological polar surface area (TPSA) is 148 Å². The SMILES string of the molecule is CO[C@H](C)CN(CCCCc1ccc2c(n1)NCCC2)CC[C@H](Nc1cc(N/C=C\C=N)ncn1)C(=O)O. The van der Waals surface area contributed by atoms with Crippen LogP contribution in [0.15, 0.2) is 36.8 Å². The highest BCUT2D eigenvalue weighted by molar-refractivity contribution is 5.77. The van der Waals surface area contributed by atoms with Gasteiger partial charge in [0.1, 0.15) is 29.8 Å². The van der Waals surface area contributed by atoms with E-state index >= 15 is 0 Å². The van der Waals surface area contributed by atoms with Gasteiger partial charge in [-0.25, -0.2) is 19.7 Å². The Labute approximate surface area is 224 Å². The number of ether oxygens (including phenoxy) is 1. The lowest BCUT2D eigenvalue weighted by Crippen LogP contribution is -2.38. The number of unbranched alkanes of at least 4 members (excludes halogenated alkanes) is 1. The molecular weight excluding hydrogens is 484 g/mol. The van der Waals surface area contributed by atoms with Crippen molar-refractivity contribution < 1.29 is 14.6 Å². The normalized spacial score (nSPS) is 14.5. The first-order chi connectivity index (χ1) is 18.5. The summed E-state index contributed by atoms with van der Waals surface area (Å²) in [6, 6.07) is 5.17. The highest BCUT2D eigenvalue weighted by Gasteiger charge is 2.20. The Balaban J connectivity index is 1.51. The van der Waals surface area contributed by atoms with Gasteiger partial charge in [0.2, 0.25) is 0 Å². The van der Waals surface area contributed by atoms with Gasteiger partial charge in [0.25, 0.3) is 0 Å². The number of aliphatic carboxylic acids is 1. The lowest BCUT2D eigenvalue weighted by atomic mass is 10.1. The second kappa shape index (κ2) is 15.6. The quantitative estimate of drug-likeness (QED) is 0.154. The van der Waals surface area contributed by atoms with Crippen LogP contribution in [0.2, 0.25) is 0 Å². The van der Waals surface area contributed by atoms with Crippen LogP contribution in [0.4, 0.5) is 17.5 Å². The van der Waals surface area contributed by atoms with Crippen LogP contribution in [-0.4, -0.2) is 82.6 Å². The summed E-state index contributed by atoms with van der Waals surface area (Å²) in [7, 11) is 1.69. The Morgan fingerprint density at radius 2 is 2.13 bits per heavy atom. The van der Waals surface area contributed by atoms with Crippen LogP contribution in [0.1, 0.15) is 43.9 Å². The molecule has 1 aliphatic rings. The maximum Gasteiger partial charge on any atom is 0.326 e. The third-order valence-electron chi connectivity index (χ3n) is 6.47. The zero-order valence-corrected chi connectivity index (χ0v) is 22.3. The summed E-state index contributed by atoms with van der Waals surface area (Å²) in [4.78, 5) is 27.3. The van der Waals surface area contributed by atoms with Crippen LogP contribution >= 0.6 is 0 Å². The average molecular weight is 525 g/mol. The Bertz CT molecular complexity index is 1060. The van der Waals surface area contributed by atoms with E-state index in [1.807, 2.05) is 6.92 Å². The molecular formula is C27H40N8O3. The fourth-order valence-electron chi connectivity index (χ4n) is 4.33. The fraction of sp³-hybridized carbons (Fsp3) is 0.519. The third kappa shape index (κ3) is 9.71. The Hall–Kier alpha value is -3.57. The molecule has 0 aromatic carbocycles. The van der Waals surface area contributed by atoms with Crippen molar-refractivity contribution in [2.24, 2.45) is 0 Å². The molecule has 0 aliphatic carbocycles. The molecule has 0 fully saturated rings. The summed E-state index contributed by atoms with van der Waals surface area (Å²) >= 11 is 0. The lowest BCUT2D eigenvalue weighted by molar-refractivity contribution is -0.138. The predicted molar refractivity (Wildman–Crippen MR) is 150 cm³/mol. The summed E-state index contributed by atoms with van der Waals surface area (Å²) in [6.45, 7) is 5.19. The van der Waals surface area contributed by atoms with Crippen molar-refractivity contribution in [3.05, 3.63) is 48.1 Å². The number of hydrogen-bond acceptors (Lipinski definition) is 10. The number of carboxylic acid groups (broad SMARTS) is 1. The van der Waals surface area contributed by atoms with Gasteiger partial charge in [-0.05, 0) is 69.7 Å². The molecule has 2 aromatic heterocycles. The number of hydrogen-bond donors (Lipinski definition) is 5. The number of anilines is 3. The molecule has 0 unspecified atom stereocenters. The van der Waals surface area contributed by atoms with Crippen molar-refractivity contribution in [3.8, 4) is 0 Å². The average Bonchev–Trinajstić information content (AvgIpc) is 2.93. The van der Waals surface area contributed by atoms with Gasteiger partial charge in [0, 0.05) is 50.9 Å². The van der Waals surface area contributed by atoms with E-state index in [1.165, 1.54) is 18.0 Å². The van der Waals surface area contributed by atoms with Gasteiger partial charge in [-0.3, -0.25) is 0 Å². The Kier molecular flexibility index (Phi) is 11.9. The predicted octanol–water partition coefficient (Wildman–Crippen LogP) is 3.42. The number of carbonyl (C=O) groups is 1. The minimum Gasteiger partial charge on any atom is -0.480 e. The van der Waals surface area contributed by atoms with E-state index in [0.717, 1.165) is 69.5 Å². The second-order valence-corrected chi connectivity index (χ2v) is 9.43. The molecule has 0 saturated carbocycles.